The van der Waals surface area contributed by atoms with Crippen molar-refractivity contribution in [2.75, 3.05) is 13.2 Å². The minimum absolute atomic E-state index is 0.00820. The van der Waals surface area contributed by atoms with E-state index >= 15 is 0 Å². The second-order valence-electron chi connectivity index (χ2n) is 8.97. The third-order valence-electron chi connectivity index (χ3n) is 6.22. The highest BCUT2D eigenvalue weighted by atomic mass is 35.5. The van der Waals surface area contributed by atoms with Crippen molar-refractivity contribution < 1.29 is 29.2 Å². The minimum atomic E-state index is -0.974. The average Bonchev–Trinajstić information content (AvgIpc) is 3.59. The lowest BCUT2D eigenvalue weighted by atomic mass is 10.00. The molecule has 1 unspecified atom stereocenters. The second-order valence-corrected chi connectivity index (χ2v) is 9.79. The molecule has 1 aliphatic carbocycles. The molecular weight excluding hydrogens is 510 g/mol. The van der Waals surface area contributed by atoms with Gasteiger partial charge in [0.2, 0.25) is 0 Å². The van der Waals surface area contributed by atoms with Crippen LogP contribution in [0.15, 0.2) is 48.5 Å². The van der Waals surface area contributed by atoms with Gasteiger partial charge in [0.25, 0.3) is 0 Å². The third-order valence-corrected chi connectivity index (χ3v) is 6.82. The number of ether oxygens (including phenoxy) is 1. The van der Waals surface area contributed by atoms with Gasteiger partial charge in [-0.1, -0.05) is 35.3 Å². The Kier molecular flexibility index (Phi) is 8.28. The van der Waals surface area contributed by atoms with Crippen LogP contribution in [0.2, 0.25) is 10.0 Å². The Hall–Kier alpha value is -2.94. The summed E-state index contributed by atoms with van der Waals surface area (Å²) in [6.45, 7) is 1.50. The molecule has 0 amide bonds. The molecular formula is C26H27Cl2FN2O5. The van der Waals surface area contributed by atoms with Crippen LogP contribution in [0.3, 0.4) is 0 Å². The first kappa shape index (κ1) is 26.1. The van der Waals surface area contributed by atoms with Crippen LogP contribution in [0.5, 0.6) is 17.5 Å². The Bertz CT molecular complexity index is 1210. The van der Waals surface area contributed by atoms with Gasteiger partial charge in [0.1, 0.15) is 18.2 Å². The summed E-state index contributed by atoms with van der Waals surface area (Å²) in [5, 5.41) is 29.4. The Morgan fingerprint density at radius 3 is 2.42 bits per heavy atom. The lowest BCUT2D eigenvalue weighted by molar-refractivity contribution is -0.138. The van der Waals surface area contributed by atoms with E-state index in [1.54, 1.807) is 18.2 Å². The molecule has 0 saturated heterocycles. The summed E-state index contributed by atoms with van der Waals surface area (Å²) < 4.78 is 21.3. The summed E-state index contributed by atoms with van der Waals surface area (Å²) in [6.07, 6.45) is 1.97. The van der Waals surface area contributed by atoms with Gasteiger partial charge in [-0.2, -0.15) is 0 Å². The minimum Gasteiger partial charge on any atom is -0.494 e. The normalized spacial score (nSPS) is 14.2. The predicted octanol–water partition coefficient (Wildman–Crippen LogP) is 5.85. The smallest absolute Gasteiger partial charge is 0.305 e. The number of carboxylic acid groups (broad SMARTS) is 1. The number of carbonyl (C=O) groups is 1. The Labute approximate surface area is 218 Å². The first-order valence-corrected chi connectivity index (χ1v) is 12.4. The molecule has 7 nitrogen and oxygen atoms in total. The summed E-state index contributed by atoms with van der Waals surface area (Å²) in [5.74, 6) is -0.769. The van der Waals surface area contributed by atoms with Crippen LogP contribution in [0.4, 0.5) is 4.39 Å². The zero-order valence-electron chi connectivity index (χ0n) is 19.4. The Morgan fingerprint density at radius 2 is 1.81 bits per heavy atom. The van der Waals surface area contributed by atoms with E-state index in [0.29, 0.717) is 35.3 Å². The number of hydrogen-bond acceptors (Lipinski definition) is 5. The lowest BCUT2D eigenvalue weighted by Gasteiger charge is -2.32. The number of benzene rings is 2. The fraction of sp³-hybridized carbons (Fsp3) is 0.346. The van der Waals surface area contributed by atoms with Crippen molar-refractivity contribution in [3.05, 3.63) is 75.5 Å². The van der Waals surface area contributed by atoms with E-state index in [2.05, 4.69) is 4.90 Å². The van der Waals surface area contributed by atoms with Gasteiger partial charge in [0.05, 0.1) is 23.0 Å². The fourth-order valence-electron chi connectivity index (χ4n) is 4.19. The van der Waals surface area contributed by atoms with Crippen molar-refractivity contribution in [2.24, 2.45) is 5.92 Å². The van der Waals surface area contributed by atoms with E-state index < -0.39 is 17.8 Å². The van der Waals surface area contributed by atoms with Crippen molar-refractivity contribution in [3.8, 4) is 17.5 Å². The van der Waals surface area contributed by atoms with Gasteiger partial charge in [-0.25, -0.2) is 4.39 Å². The van der Waals surface area contributed by atoms with Crippen LogP contribution in [0, 0.1) is 11.7 Å². The molecule has 1 fully saturated rings. The standard InChI is InChI=1S/C26H27Cl2FN2O5/c27-19-5-4-18(12-21(19)29)22(13-26(34)35)30(14-16-1-2-16)15-17-3-6-23(20(28)11-17)36-10-9-31-24(32)7-8-25(31)33/h3-8,11-12,16,22,32-33H,1-2,9-10,13-15H2,(H,34,35). The van der Waals surface area contributed by atoms with Crippen LogP contribution in [-0.2, 0) is 17.9 Å². The zero-order valence-corrected chi connectivity index (χ0v) is 20.9. The van der Waals surface area contributed by atoms with Crippen LogP contribution < -0.4 is 4.74 Å². The number of aromatic hydroxyl groups is 2. The first-order chi connectivity index (χ1) is 17.2. The van der Waals surface area contributed by atoms with Gasteiger partial charge in [-0.3, -0.25) is 14.3 Å². The van der Waals surface area contributed by atoms with Gasteiger partial charge in [-0.05, 0) is 54.2 Å². The predicted molar refractivity (Wildman–Crippen MR) is 134 cm³/mol. The largest absolute Gasteiger partial charge is 0.494 e. The van der Waals surface area contributed by atoms with Crippen molar-refractivity contribution >= 4 is 29.2 Å². The average molecular weight is 537 g/mol. The highest BCUT2D eigenvalue weighted by Gasteiger charge is 2.31. The quantitative estimate of drug-likeness (QED) is 0.268. The molecule has 3 aromatic rings. The van der Waals surface area contributed by atoms with Gasteiger partial charge in [0.15, 0.2) is 11.8 Å². The molecule has 1 saturated carbocycles. The van der Waals surface area contributed by atoms with Gasteiger partial charge < -0.3 is 20.1 Å². The maximum absolute atomic E-state index is 14.2. The van der Waals surface area contributed by atoms with Crippen LogP contribution in [-0.4, -0.2) is 43.9 Å². The van der Waals surface area contributed by atoms with Crippen LogP contribution >= 0.6 is 23.2 Å². The summed E-state index contributed by atoms with van der Waals surface area (Å²) >= 11 is 12.3. The molecule has 1 aliphatic rings. The highest BCUT2D eigenvalue weighted by molar-refractivity contribution is 6.32. The third kappa shape index (κ3) is 6.63. The molecule has 0 bridgehead atoms. The van der Waals surface area contributed by atoms with Gasteiger partial charge >= 0.3 is 5.97 Å². The van der Waals surface area contributed by atoms with Gasteiger partial charge in [0, 0.05) is 31.3 Å². The van der Waals surface area contributed by atoms with Crippen molar-refractivity contribution in [1.29, 1.82) is 0 Å². The zero-order chi connectivity index (χ0) is 25.8. The molecule has 4 rings (SSSR count). The highest BCUT2D eigenvalue weighted by Crippen LogP contribution is 2.36. The van der Waals surface area contributed by atoms with Crippen LogP contribution in [0.1, 0.15) is 36.4 Å². The fourth-order valence-corrected chi connectivity index (χ4v) is 4.57. The van der Waals surface area contributed by atoms with Crippen molar-refractivity contribution in [2.45, 2.75) is 38.4 Å². The van der Waals surface area contributed by atoms with E-state index in [1.807, 2.05) is 6.07 Å². The summed E-state index contributed by atoms with van der Waals surface area (Å²) in [7, 11) is 0. The molecule has 10 heteroatoms. The van der Waals surface area contributed by atoms with Crippen molar-refractivity contribution in [1.82, 2.24) is 9.47 Å². The van der Waals surface area contributed by atoms with Gasteiger partial charge in [-0.15, -0.1) is 0 Å². The molecule has 1 heterocycles. The molecule has 0 aliphatic heterocycles. The Balaban J connectivity index is 1.49. The number of rotatable bonds is 12. The Morgan fingerprint density at radius 1 is 1.08 bits per heavy atom. The van der Waals surface area contributed by atoms with E-state index in [1.165, 1.54) is 28.8 Å². The van der Waals surface area contributed by atoms with E-state index in [4.69, 9.17) is 27.9 Å². The number of aliphatic carboxylic acids is 1. The number of carboxylic acids is 1. The van der Waals surface area contributed by atoms with E-state index in [0.717, 1.165) is 18.4 Å². The molecule has 1 aromatic heterocycles. The summed E-state index contributed by atoms with van der Waals surface area (Å²) in [5.41, 5.74) is 1.42. The van der Waals surface area contributed by atoms with Crippen molar-refractivity contribution in [3.63, 3.8) is 0 Å². The monoisotopic (exact) mass is 536 g/mol. The SMILES string of the molecule is O=C(O)CC(c1ccc(Cl)c(F)c1)N(Cc1ccc(OCCn2c(O)ccc2O)c(Cl)c1)CC1CC1. The molecule has 36 heavy (non-hydrogen) atoms. The number of aromatic nitrogens is 1. The summed E-state index contributed by atoms with van der Waals surface area (Å²) in [6, 6.07) is 12.0. The summed E-state index contributed by atoms with van der Waals surface area (Å²) in [4.78, 5) is 13.8. The molecule has 1 atom stereocenters. The topological polar surface area (TPSA) is 95.2 Å². The lowest BCUT2D eigenvalue weighted by Crippen LogP contribution is -2.32. The maximum Gasteiger partial charge on any atom is 0.305 e. The van der Waals surface area contributed by atoms with E-state index in [-0.39, 0.29) is 36.4 Å². The molecule has 0 spiro atoms. The maximum atomic E-state index is 14.2. The first-order valence-electron chi connectivity index (χ1n) is 11.6. The number of nitrogens with zero attached hydrogens (tertiary/aromatic N) is 2. The van der Waals surface area contributed by atoms with Crippen LogP contribution in [0.25, 0.3) is 0 Å². The van der Waals surface area contributed by atoms with E-state index in [9.17, 15) is 24.5 Å². The second kappa shape index (κ2) is 11.4. The molecule has 3 N–H and O–H groups in total. The molecule has 2 aromatic carbocycles. The number of hydrogen-bond donors (Lipinski definition) is 3. The molecule has 192 valence electrons. The number of halogens is 3. The molecule has 0 radical (unpaired) electrons.